The lowest BCUT2D eigenvalue weighted by Crippen LogP contribution is -2.47. The van der Waals surface area contributed by atoms with Crippen LogP contribution in [0.5, 0.6) is 0 Å². The fraction of sp³-hybridized carbons (Fsp3) is 0.350. The smallest absolute Gasteiger partial charge is 0.336 e. The van der Waals surface area contributed by atoms with Crippen molar-refractivity contribution >= 4 is 6.03 Å². The number of fused-ring (bicyclic) bond motifs is 1. The summed E-state index contributed by atoms with van der Waals surface area (Å²) in [4.78, 5) is 14.4. The highest BCUT2D eigenvalue weighted by Gasteiger charge is 2.34. The Balaban J connectivity index is 2.02. The zero-order valence-corrected chi connectivity index (χ0v) is 14.7. The monoisotopic (exact) mass is 362 g/mol. The standard InChI is InChI=1S/C20H21F3N2O/c1-13(2)24-19(26)25-12-11-14-5-3-4-6-17(14)18(25)15-7-9-16(10-8-15)20(21,22)23/h3-10,13,18H,11-12H2,1-2H3,(H,24,26)/t18-/m1/s1. The van der Waals surface area contributed by atoms with Crippen LogP contribution in [0.15, 0.2) is 48.5 Å². The normalized spacial score (nSPS) is 17.2. The van der Waals surface area contributed by atoms with Gasteiger partial charge < -0.3 is 10.2 Å². The number of carbonyl (C=O) groups excluding carboxylic acids is 1. The van der Waals surface area contributed by atoms with E-state index < -0.39 is 17.8 Å². The molecule has 2 aromatic carbocycles. The van der Waals surface area contributed by atoms with E-state index in [2.05, 4.69) is 5.32 Å². The lowest BCUT2D eigenvalue weighted by molar-refractivity contribution is -0.137. The third-order valence-corrected chi connectivity index (χ3v) is 4.51. The minimum atomic E-state index is -4.38. The van der Waals surface area contributed by atoms with Gasteiger partial charge in [-0.1, -0.05) is 36.4 Å². The van der Waals surface area contributed by atoms with Gasteiger partial charge in [0.05, 0.1) is 11.6 Å². The lowest BCUT2D eigenvalue weighted by Gasteiger charge is -2.38. The van der Waals surface area contributed by atoms with Gasteiger partial charge in [0, 0.05) is 12.6 Å². The van der Waals surface area contributed by atoms with E-state index >= 15 is 0 Å². The van der Waals surface area contributed by atoms with Crippen LogP contribution in [0.2, 0.25) is 0 Å². The maximum Gasteiger partial charge on any atom is 0.416 e. The highest BCUT2D eigenvalue weighted by atomic mass is 19.4. The van der Waals surface area contributed by atoms with E-state index in [0.29, 0.717) is 12.1 Å². The average Bonchev–Trinajstić information content (AvgIpc) is 2.59. The molecule has 1 heterocycles. The molecule has 1 aliphatic rings. The van der Waals surface area contributed by atoms with Gasteiger partial charge in [0.1, 0.15) is 0 Å². The number of carbonyl (C=O) groups is 1. The third-order valence-electron chi connectivity index (χ3n) is 4.51. The zero-order valence-electron chi connectivity index (χ0n) is 14.7. The van der Waals surface area contributed by atoms with Gasteiger partial charge in [-0.05, 0) is 49.1 Å². The van der Waals surface area contributed by atoms with Crippen molar-refractivity contribution in [1.29, 1.82) is 0 Å². The van der Waals surface area contributed by atoms with Crippen molar-refractivity contribution in [3.8, 4) is 0 Å². The number of nitrogens with zero attached hydrogens (tertiary/aromatic N) is 1. The minimum Gasteiger partial charge on any atom is -0.336 e. The molecule has 0 aromatic heterocycles. The second-order valence-electron chi connectivity index (χ2n) is 6.77. The third kappa shape index (κ3) is 3.69. The molecular formula is C20H21F3N2O. The summed E-state index contributed by atoms with van der Waals surface area (Å²) in [6.45, 7) is 4.27. The van der Waals surface area contributed by atoms with Crippen molar-refractivity contribution in [1.82, 2.24) is 10.2 Å². The molecule has 1 aliphatic heterocycles. The number of nitrogens with one attached hydrogen (secondary N) is 1. The number of alkyl halides is 3. The molecular weight excluding hydrogens is 341 g/mol. The van der Waals surface area contributed by atoms with Gasteiger partial charge in [0.15, 0.2) is 0 Å². The van der Waals surface area contributed by atoms with Crippen LogP contribution in [-0.4, -0.2) is 23.5 Å². The van der Waals surface area contributed by atoms with Crippen LogP contribution < -0.4 is 5.32 Å². The Kier molecular flexibility index (Phi) is 4.94. The number of halogens is 3. The molecule has 3 rings (SSSR count). The highest BCUT2D eigenvalue weighted by Crippen LogP contribution is 2.37. The van der Waals surface area contributed by atoms with Crippen LogP contribution in [0.1, 0.15) is 42.1 Å². The average molecular weight is 362 g/mol. The van der Waals surface area contributed by atoms with Crippen LogP contribution in [0.3, 0.4) is 0 Å². The van der Waals surface area contributed by atoms with Crippen LogP contribution in [0.25, 0.3) is 0 Å². The van der Waals surface area contributed by atoms with Gasteiger partial charge in [-0.15, -0.1) is 0 Å². The lowest BCUT2D eigenvalue weighted by atomic mass is 9.88. The Labute approximate surface area is 150 Å². The van der Waals surface area contributed by atoms with E-state index in [9.17, 15) is 18.0 Å². The molecule has 2 aromatic rings. The largest absolute Gasteiger partial charge is 0.416 e. The predicted molar refractivity (Wildman–Crippen MR) is 93.8 cm³/mol. The first-order valence-electron chi connectivity index (χ1n) is 8.59. The summed E-state index contributed by atoms with van der Waals surface area (Å²) in [6.07, 6.45) is -3.66. The summed E-state index contributed by atoms with van der Waals surface area (Å²) >= 11 is 0. The Morgan fingerprint density at radius 2 is 1.77 bits per heavy atom. The van der Waals surface area contributed by atoms with Gasteiger partial charge in [-0.3, -0.25) is 0 Å². The highest BCUT2D eigenvalue weighted by molar-refractivity contribution is 5.76. The van der Waals surface area contributed by atoms with Gasteiger partial charge >= 0.3 is 12.2 Å². The summed E-state index contributed by atoms with van der Waals surface area (Å²) < 4.78 is 38.6. The molecule has 1 atom stereocenters. The summed E-state index contributed by atoms with van der Waals surface area (Å²) in [6, 6.07) is 12.2. The van der Waals surface area contributed by atoms with Crippen LogP contribution >= 0.6 is 0 Å². The molecule has 0 fully saturated rings. The molecule has 138 valence electrons. The predicted octanol–water partition coefficient (Wildman–Crippen LogP) is 4.77. The topological polar surface area (TPSA) is 32.3 Å². The SMILES string of the molecule is CC(C)NC(=O)N1CCc2ccccc2[C@H]1c1ccc(C(F)(F)F)cc1. The molecule has 0 saturated heterocycles. The van der Waals surface area contributed by atoms with Crippen molar-refractivity contribution in [2.75, 3.05) is 6.54 Å². The Morgan fingerprint density at radius 3 is 2.38 bits per heavy atom. The van der Waals surface area contributed by atoms with Crippen molar-refractivity contribution in [2.45, 2.75) is 38.5 Å². The van der Waals surface area contributed by atoms with E-state index in [1.54, 1.807) is 4.90 Å². The van der Waals surface area contributed by atoms with Crippen LogP contribution in [-0.2, 0) is 12.6 Å². The first kappa shape index (κ1) is 18.3. The van der Waals surface area contributed by atoms with Gasteiger partial charge in [-0.2, -0.15) is 13.2 Å². The molecule has 0 bridgehead atoms. The van der Waals surface area contributed by atoms with Crippen molar-refractivity contribution in [3.63, 3.8) is 0 Å². The van der Waals surface area contributed by atoms with E-state index in [1.807, 2.05) is 38.1 Å². The molecule has 26 heavy (non-hydrogen) atoms. The van der Waals surface area contributed by atoms with Gasteiger partial charge in [0.25, 0.3) is 0 Å². The number of urea groups is 1. The number of benzene rings is 2. The second kappa shape index (κ2) is 7.02. The Hall–Kier alpha value is -2.50. The maximum absolute atomic E-state index is 12.9. The van der Waals surface area contributed by atoms with Gasteiger partial charge in [-0.25, -0.2) is 4.79 Å². The number of hydrogen-bond donors (Lipinski definition) is 1. The molecule has 0 saturated carbocycles. The number of rotatable bonds is 2. The Bertz CT molecular complexity index is 784. The molecule has 0 unspecified atom stereocenters. The van der Waals surface area contributed by atoms with E-state index in [1.165, 1.54) is 12.1 Å². The van der Waals surface area contributed by atoms with Gasteiger partial charge in [0.2, 0.25) is 0 Å². The van der Waals surface area contributed by atoms with Crippen LogP contribution in [0, 0.1) is 0 Å². The summed E-state index contributed by atoms with van der Waals surface area (Å²) in [5, 5.41) is 2.89. The van der Waals surface area contributed by atoms with E-state index in [0.717, 1.165) is 29.7 Å². The molecule has 3 nitrogen and oxygen atoms in total. The minimum absolute atomic E-state index is 0.0204. The summed E-state index contributed by atoms with van der Waals surface area (Å²) in [5.41, 5.74) is 2.05. The quantitative estimate of drug-likeness (QED) is 0.820. The first-order valence-corrected chi connectivity index (χ1v) is 8.59. The number of hydrogen-bond acceptors (Lipinski definition) is 1. The molecule has 2 amide bonds. The Morgan fingerprint density at radius 1 is 1.12 bits per heavy atom. The maximum atomic E-state index is 12.9. The molecule has 1 N–H and O–H groups in total. The van der Waals surface area contributed by atoms with Crippen molar-refractivity contribution in [3.05, 3.63) is 70.8 Å². The van der Waals surface area contributed by atoms with Crippen molar-refractivity contribution < 1.29 is 18.0 Å². The zero-order chi connectivity index (χ0) is 18.9. The fourth-order valence-electron chi connectivity index (χ4n) is 3.33. The number of amides is 2. The molecule has 0 aliphatic carbocycles. The molecule has 0 radical (unpaired) electrons. The van der Waals surface area contributed by atoms with E-state index in [4.69, 9.17) is 0 Å². The first-order chi connectivity index (χ1) is 12.3. The second-order valence-corrected chi connectivity index (χ2v) is 6.77. The summed E-state index contributed by atoms with van der Waals surface area (Å²) in [7, 11) is 0. The van der Waals surface area contributed by atoms with Crippen LogP contribution in [0.4, 0.5) is 18.0 Å². The molecule has 6 heteroatoms. The van der Waals surface area contributed by atoms with E-state index in [-0.39, 0.29) is 12.1 Å². The summed E-state index contributed by atoms with van der Waals surface area (Å²) in [5.74, 6) is 0. The molecule has 0 spiro atoms. The van der Waals surface area contributed by atoms with Crippen molar-refractivity contribution in [2.24, 2.45) is 0 Å². The fourth-order valence-corrected chi connectivity index (χ4v) is 3.33.